The largest absolute Gasteiger partial charge is 0.259 e. The van der Waals surface area contributed by atoms with Crippen LogP contribution in [0.4, 0.5) is 0 Å². The molecule has 0 aliphatic rings. The molecule has 3 nitrogen and oxygen atoms in total. The van der Waals surface area contributed by atoms with Gasteiger partial charge in [0, 0.05) is 21.7 Å². The molecule has 0 aromatic carbocycles. The summed E-state index contributed by atoms with van der Waals surface area (Å²) in [6.07, 6.45) is 2.66. The van der Waals surface area contributed by atoms with E-state index in [1.807, 2.05) is 26.0 Å². The molecule has 1 heterocycles. The highest BCUT2D eigenvalue weighted by Crippen LogP contribution is 2.22. The summed E-state index contributed by atoms with van der Waals surface area (Å²) in [5, 5.41) is 10.8. The number of allylic oxidation sites excluding steroid dienone is 1. The van der Waals surface area contributed by atoms with Crippen molar-refractivity contribution < 1.29 is 4.92 Å². The predicted molar refractivity (Wildman–Crippen MR) is 63.5 cm³/mol. The van der Waals surface area contributed by atoms with Gasteiger partial charge >= 0.3 is 0 Å². The Morgan fingerprint density at radius 3 is 2.67 bits per heavy atom. The number of rotatable bonds is 4. The quantitative estimate of drug-likeness (QED) is 0.580. The molecule has 0 radical (unpaired) electrons. The van der Waals surface area contributed by atoms with Crippen molar-refractivity contribution in [2.24, 2.45) is 5.92 Å². The molecule has 0 amide bonds. The summed E-state index contributed by atoms with van der Waals surface area (Å²) in [5.74, 6) is -0.0489. The molecule has 1 aromatic heterocycles. The molecule has 82 valence electrons. The number of hydrogen-bond donors (Lipinski definition) is 0. The molecule has 0 aliphatic heterocycles. The Morgan fingerprint density at radius 1 is 1.60 bits per heavy atom. The van der Waals surface area contributed by atoms with Gasteiger partial charge in [-0.15, -0.1) is 11.3 Å². The molecule has 0 unspecified atom stereocenters. The highest BCUT2D eigenvalue weighted by atomic mass is 32.1. The summed E-state index contributed by atoms with van der Waals surface area (Å²) in [5.41, 5.74) is 0.277. The highest BCUT2D eigenvalue weighted by Gasteiger charge is 2.15. The Hall–Kier alpha value is -1.16. The minimum atomic E-state index is -0.296. The number of hydrogen-bond acceptors (Lipinski definition) is 3. The summed E-state index contributed by atoms with van der Waals surface area (Å²) >= 11 is 1.62. The average Bonchev–Trinajstić information content (AvgIpc) is 2.60. The smallest absolute Gasteiger partial charge is 0.250 e. The van der Waals surface area contributed by atoms with Crippen LogP contribution in [0.25, 0.3) is 6.08 Å². The van der Waals surface area contributed by atoms with Crippen molar-refractivity contribution in [2.45, 2.75) is 27.2 Å². The van der Waals surface area contributed by atoms with Crippen molar-refractivity contribution in [1.29, 1.82) is 0 Å². The van der Waals surface area contributed by atoms with Gasteiger partial charge in [0.2, 0.25) is 5.70 Å². The Bertz CT molecular complexity index is 380. The van der Waals surface area contributed by atoms with Crippen LogP contribution in [0, 0.1) is 16.0 Å². The second kappa shape index (κ2) is 5.07. The molecule has 0 saturated carbocycles. The van der Waals surface area contributed by atoms with Crippen LogP contribution in [-0.4, -0.2) is 4.92 Å². The van der Waals surface area contributed by atoms with E-state index in [2.05, 4.69) is 6.92 Å². The van der Waals surface area contributed by atoms with Crippen LogP contribution in [0.3, 0.4) is 0 Å². The molecule has 4 heteroatoms. The van der Waals surface area contributed by atoms with Gasteiger partial charge in [0.25, 0.3) is 0 Å². The lowest BCUT2D eigenvalue weighted by Crippen LogP contribution is -2.04. The summed E-state index contributed by atoms with van der Waals surface area (Å²) in [4.78, 5) is 12.7. The molecule has 0 atom stereocenters. The summed E-state index contributed by atoms with van der Waals surface area (Å²) in [6.45, 7) is 5.75. The van der Waals surface area contributed by atoms with Gasteiger partial charge in [-0.1, -0.05) is 20.8 Å². The van der Waals surface area contributed by atoms with Crippen molar-refractivity contribution in [1.82, 2.24) is 0 Å². The maximum absolute atomic E-state index is 10.8. The summed E-state index contributed by atoms with van der Waals surface area (Å²) in [7, 11) is 0. The van der Waals surface area contributed by atoms with Crippen molar-refractivity contribution in [2.75, 3.05) is 0 Å². The van der Waals surface area contributed by atoms with E-state index >= 15 is 0 Å². The number of thiophene rings is 1. The van der Waals surface area contributed by atoms with Gasteiger partial charge in [0.05, 0.1) is 4.92 Å². The average molecular weight is 225 g/mol. The van der Waals surface area contributed by atoms with Crippen LogP contribution < -0.4 is 0 Å². The zero-order valence-electron chi connectivity index (χ0n) is 9.19. The van der Waals surface area contributed by atoms with E-state index in [1.165, 1.54) is 4.88 Å². The van der Waals surface area contributed by atoms with E-state index in [4.69, 9.17) is 0 Å². The first kappa shape index (κ1) is 11.9. The van der Waals surface area contributed by atoms with Crippen LogP contribution >= 0.6 is 11.3 Å². The lowest BCUT2D eigenvalue weighted by atomic mass is 10.1. The van der Waals surface area contributed by atoms with E-state index in [0.717, 1.165) is 11.3 Å². The fourth-order valence-corrected chi connectivity index (χ4v) is 2.14. The molecule has 0 bridgehead atoms. The number of nitro groups is 1. The topological polar surface area (TPSA) is 43.1 Å². The van der Waals surface area contributed by atoms with Crippen molar-refractivity contribution in [3.8, 4) is 0 Å². The zero-order valence-corrected chi connectivity index (χ0v) is 10.0. The number of aryl methyl sites for hydroxylation is 1. The second-order valence-electron chi connectivity index (χ2n) is 3.64. The Kier molecular flexibility index (Phi) is 4.03. The fraction of sp³-hybridized carbons (Fsp3) is 0.455. The lowest BCUT2D eigenvalue weighted by molar-refractivity contribution is -0.431. The minimum Gasteiger partial charge on any atom is -0.259 e. The van der Waals surface area contributed by atoms with Crippen molar-refractivity contribution in [3.63, 3.8) is 0 Å². The summed E-state index contributed by atoms with van der Waals surface area (Å²) < 4.78 is 0. The molecule has 15 heavy (non-hydrogen) atoms. The Morgan fingerprint density at radius 2 is 2.27 bits per heavy atom. The van der Waals surface area contributed by atoms with E-state index in [-0.39, 0.29) is 16.5 Å². The normalized spacial score (nSPS) is 12.1. The Balaban J connectivity index is 2.97. The van der Waals surface area contributed by atoms with Gasteiger partial charge in [-0.25, -0.2) is 0 Å². The predicted octanol–water partition coefficient (Wildman–Crippen LogP) is 3.58. The van der Waals surface area contributed by atoms with Crippen LogP contribution in [0.2, 0.25) is 0 Å². The molecule has 0 saturated heterocycles. The van der Waals surface area contributed by atoms with E-state index < -0.39 is 0 Å². The first-order valence-corrected chi connectivity index (χ1v) is 5.81. The van der Waals surface area contributed by atoms with Crippen molar-refractivity contribution in [3.05, 3.63) is 37.7 Å². The fourth-order valence-electron chi connectivity index (χ4n) is 1.24. The van der Waals surface area contributed by atoms with Crippen molar-refractivity contribution >= 4 is 17.4 Å². The maximum atomic E-state index is 10.8. The second-order valence-corrected chi connectivity index (χ2v) is 4.84. The third-order valence-corrected chi connectivity index (χ3v) is 3.30. The molecular weight excluding hydrogens is 210 g/mol. The molecule has 0 aliphatic carbocycles. The Labute approximate surface area is 93.6 Å². The van der Waals surface area contributed by atoms with E-state index in [0.29, 0.717) is 0 Å². The lowest BCUT2D eigenvalue weighted by Gasteiger charge is -2.00. The molecule has 0 fully saturated rings. The van der Waals surface area contributed by atoms with Gasteiger partial charge in [0.15, 0.2) is 0 Å². The van der Waals surface area contributed by atoms with Gasteiger partial charge in [-0.2, -0.15) is 0 Å². The van der Waals surface area contributed by atoms with Crippen LogP contribution in [0.5, 0.6) is 0 Å². The van der Waals surface area contributed by atoms with E-state index in [1.54, 1.807) is 17.4 Å². The van der Waals surface area contributed by atoms with E-state index in [9.17, 15) is 10.1 Å². The highest BCUT2D eigenvalue weighted by molar-refractivity contribution is 7.12. The van der Waals surface area contributed by atoms with Gasteiger partial charge in [-0.3, -0.25) is 10.1 Å². The monoisotopic (exact) mass is 225 g/mol. The van der Waals surface area contributed by atoms with Crippen LogP contribution in [0.1, 0.15) is 30.5 Å². The van der Waals surface area contributed by atoms with Crippen LogP contribution in [-0.2, 0) is 6.42 Å². The molecule has 1 rings (SSSR count). The molecule has 0 spiro atoms. The third-order valence-electron chi connectivity index (χ3n) is 2.12. The van der Waals surface area contributed by atoms with Crippen LogP contribution in [0.15, 0.2) is 17.8 Å². The van der Waals surface area contributed by atoms with Gasteiger partial charge in [0.1, 0.15) is 0 Å². The van der Waals surface area contributed by atoms with Gasteiger partial charge in [-0.05, 0) is 18.6 Å². The first-order chi connectivity index (χ1) is 7.04. The summed E-state index contributed by atoms with van der Waals surface area (Å²) in [6, 6.07) is 3.96. The molecule has 1 aromatic rings. The standard InChI is InChI=1S/C11H15NO2S/c1-4-9-5-6-10(15-9)7-11(8(2)3)12(13)14/h5-8H,4H2,1-3H3/b11-7-. The molecular formula is C11H15NO2S. The zero-order chi connectivity index (χ0) is 11.4. The van der Waals surface area contributed by atoms with Gasteiger partial charge < -0.3 is 0 Å². The first-order valence-electron chi connectivity index (χ1n) is 4.99. The SMILES string of the molecule is CCc1ccc(/C=C(/C(C)C)[N+](=O)[O-])s1. The maximum Gasteiger partial charge on any atom is 0.250 e. The molecule has 0 N–H and O–H groups in total. The third kappa shape index (κ3) is 3.16. The minimum absolute atomic E-state index is 0.0489. The number of nitrogens with zero attached hydrogens (tertiary/aromatic N) is 1.